The fourth-order valence-electron chi connectivity index (χ4n) is 2.78. The van der Waals surface area contributed by atoms with Crippen LogP contribution >= 0.6 is 0 Å². The van der Waals surface area contributed by atoms with E-state index in [0.717, 1.165) is 0 Å². The normalized spacial score (nSPS) is 22.1. The fraction of sp³-hybridized carbons (Fsp3) is 0.533. The first kappa shape index (κ1) is 17.7. The minimum Gasteiger partial charge on any atom is -0.496 e. The maximum absolute atomic E-state index is 12.9. The number of hydrogen-bond donors (Lipinski definition) is 2. The van der Waals surface area contributed by atoms with Gasteiger partial charge in [-0.05, 0) is 44.0 Å². The number of hydrogen-bond acceptors (Lipinski definition) is 5. The minimum absolute atomic E-state index is 0.134. The van der Waals surface area contributed by atoms with E-state index in [-0.39, 0.29) is 23.4 Å². The Kier molecular flexibility index (Phi) is 5.28. The largest absolute Gasteiger partial charge is 0.496 e. The predicted molar refractivity (Wildman–Crippen MR) is 86.7 cm³/mol. The summed E-state index contributed by atoms with van der Waals surface area (Å²) >= 11 is 0. The second-order valence-corrected chi connectivity index (χ2v) is 7.50. The number of carbonyl (C=O) groups is 1. The van der Waals surface area contributed by atoms with Gasteiger partial charge in [-0.25, -0.2) is 8.42 Å². The van der Waals surface area contributed by atoms with Gasteiger partial charge in [-0.2, -0.15) is 4.31 Å². The van der Waals surface area contributed by atoms with Crippen LogP contribution in [0.25, 0.3) is 0 Å². The minimum atomic E-state index is -3.79. The summed E-state index contributed by atoms with van der Waals surface area (Å²) in [7, 11) is -2.27. The third kappa shape index (κ3) is 3.49. The number of methoxy groups -OCH3 is 1. The summed E-state index contributed by atoms with van der Waals surface area (Å²) in [5, 5.41) is 2.67. The van der Waals surface area contributed by atoms with Crippen molar-refractivity contribution in [3.8, 4) is 5.75 Å². The molecule has 23 heavy (non-hydrogen) atoms. The Morgan fingerprint density at radius 1 is 1.48 bits per heavy atom. The first-order valence-electron chi connectivity index (χ1n) is 7.51. The van der Waals surface area contributed by atoms with Crippen LogP contribution in [0.3, 0.4) is 0 Å². The van der Waals surface area contributed by atoms with E-state index in [4.69, 9.17) is 10.5 Å². The quantitative estimate of drug-likeness (QED) is 0.798. The summed E-state index contributed by atoms with van der Waals surface area (Å²) in [5.74, 6) is 0.302. The average Bonchev–Trinajstić information content (AvgIpc) is 2.90. The summed E-state index contributed by atoms with van der Waals surface area (Å²) in [6.45, 7) is 4.14. The number of nitrogens with zero attached hydrogens (tertiary/aromatic N) is 1. The SMILES string of the molecule is CCNC(=O)[C@@H]1C[C@H](N)CN1S(=O)(=O)c1ccc(OC)c(C)c1. The van der Waals surface area contributed by atoms with Crippen LogP contribution in [0.2, 0.25) is 0 Å². The number of nitrogens with one attached hydrogen (secondary N) is 1. The van der Waals surface area contributed by atoms with Crippen LogP contribution in [0.4, 0.5) is 0 Å². The van der Waals surface area contributed by atoms with E-state index < -0.39 is 16.1 Å². The van der Waals surface area contributed by atoms with Gasteiger partial charge in [0.05, 0.1) is 12.0 Å². The van der Waals surface area contributed by atoms with Crippen molar-refractivity contribution in [2.24, 2.45) is 5.73 Å². The number of sulfonamides is 1. The van der Waals surface area contributed by atoms with Gasteiger partial charge >= 0.3 is 0 Å². The number of carbonyl (C=O) groups excluding carboxylic acids is 1. The molecule has 1 aromatic rings. The summed E-state index contributed by atoms with van der Waals surface area (Å²) in [6, 6.07) is 3.53. The smallest absolute Gasteiger partial charge is 0.243 e. The molecule has 0 radical (unpaired) electrons. The van der Waals surface area contributed by atoms with Gasteiger partial charge in [0.2, 0.25) is 15.9 Å². The van der Waals surface area contributed by atoms with Gasteiger partial charge in [0.25, 0.3) is 0 Å². The molecule has 0 spiro atoms. The molecule has 1 aromatic carbocycles. The highest BCUT2D eigenvalue weighted by atomic mass is 32.2. The molecule has 0 unspecified atom stereocenters. The molecule has 1 heterocycles. The molecular formula is C15H23N3O4S. The summed E-state index contributed by atoms with van der Waals surface area (Å²) in [5.41, 5.74) is 6.61. The van der Waals surface area contributed by atoms with E-state index in [9.17, 15) is 13.2 Å². The lowest BCUT2D eigenvalue weighted by Gasteiger charge is -2.23. The summed E-state index contributed by atoms with van der Waals surface area (Å²) in [6.07, 6.45) is 0.320. The van der Waals surface area contributed by atoms with Crippen LogP contribution in [0.1, 0.15) is 18.9 Å². The molecule has 0 saturated carbocycles. The maximum Gasteiger partial charge on any atom is 0.243 e. The van der Waals surface area contributed by atoms with Crippen molar-refractivity contribution in [3.05, 3.63) is 23.8 Å². The topological polar surface area (TPSA) is 102 Å². The second kappa shape index (κ2) is 6.86. The third-order valence-electron chi connectivity index (χ3n) is 3.91. The average molecular weight is 341 g/mol. The zero-order chi connectivity index (χ0) is 17.2. The predicted octanol–water partition coefficient (Wildman–Crippen LogP) is 0.230. The summed E-state index contributed by atoms with van der Waals surface area (Å²) in [4.78, 5) is 12.3. The van der Waals surface area contributed by atoms with E-state index in [0.29, 0.717) is 24.3 Å². The third-order valence-corrected chi connectivity index (χ3v) is 5.79. The summed E-state index contributed by atoms with van der Waals surface area (Å²) < 4.78 is 32.2. The van der Waals surface area contributed by atoms with Crippen molar-refractivity contribution < 1.29 is 17.9 Å². The number of nitrogens with two attached hydrogens (primary N) is 1. The maximum atomic E-state index is 12.9. The first-order chi connectivity index (χ1) is 10.8. The Morgan fingerprint density at radius 2 is 2.17 bits per heavy atom. The highest BCUT2D eigenvalue weighted by Gasteiger charge is 2.42. The molecule has 0 bridgehead atoms. The van der Waals surface area contributed by atoms with Crippen LogP contribution in [0.15, 0.2) is 23.1 Å². The Balaban J connectivity index is 2.37. The van der Waals surface area contributed by atoms with E-state index >= 15 is 0 Å². The Morgan fingerprint density at radius 3 is 2.74 bits per heavy atom. The van der Waals surface area contributed by atoms with Gasteiger partial charge in [0.1, 0.15) is 11.8 Å². The highest BCUT2D eigenvalue weighted by molar-refractivity contribution is 7.89. The van der Waals surface area contributed by atoms with Gasteiger partial charge < -0.3 is 15.8 Å². The molecule has 0 aromatic heterocycles. The molecule has 0 aliphatic carbocycles. The molecule has 1 aliphatic heterocycles. The van der Waals surface area contributed by atoms with Crippen LogP contribution in [0.5, 0.6) is 5.75 Å². The monoisotopic (exact) mass is 341 g/mol. The van der Waals surface area contributed by atoms with Crippen molar-refractivity contribution in [1.82, 2.24) is 9.62 Å². The molecule has 2 atom stereocenters. The number of ether oxygens (including phenoxy) is 1. The number of amides is 1. The molecule has 2 rings (SSSR count). The molecule has 3 N–H and O–H groups in total. The molecule has 1 fully saturated rings. The van der Waals surface area contributed by atoms with Gasteiger partial charge in [-0.15, -0.1) is 0 Å². The zero-order valence-electron chi connectivity index (χ0n) is 13.6. The van der Waals surface area contributed by atoms with Gasteiger partial charge in [0, 0.05) is 19.1 Å². The molecule has 1 aliphatic rings. The van der Waals surface area contributed by atoms with Gasteiger partial charge in [-0.3, -0.25) is 4.79 Å². The lowest BCUT2D eigenvalue weighted by molar-refractivity contribution is -0.124. The molecule has 128 valence electrons. The fourth-order valence-corrected chi connectivity index (χ4v) is 4.52. The van der Waals surface area contributed by atoms with Crippen LogP contribution < -0.4 is 15.8 Å². The number of rotatable bonds is 5. The Labute approximate surface area is 136 Å². The lowest BCUT2D eigenvalue weighted by atomic mass is 10.2. The van der Waals surface area contributed by atoms with E-state index in [1.54, 1.807) is 26.0 Å². The van der Waals surface area contributed by atoms with Gasteiger partial charge in [-0.1, -0.05) is 0 Å². The van der Waals surface area contributed by atoms with Crippen molar-refractivity contribution >= 4 is 15.9 Å². The Bertz CT molecular complexity index is 690. The van der Waals surface area contributed by atoms with E-state index in [1.807, 2.05) is 0 Å². The first-order valence-corrected chi connectivity index (χ1v) is 8.95. The number of aryl methyl sites for hydroxylation is 1. The van der Waals surface area contributed by atoms with E-state index in [2.05, 4.69) is 5.32 Å². The van der Waals surface area contributed by atoms with Crippen molar-refractivity contribution in [2.45, 2.75) is 37.2 Å². The molecule has 1 amide bonds. The van der Waals surface area contributed by atoms with Crippen LogP contribution in [-0.2, 0) is 14.8 Å². The lowest BCUT2D eigenvalue weighted by Crippen LogP contribution is -2.45. The standard InChI is InChI=1S/C15H23N3O4S/c1-4-17-15(19)13-8-11(16)9-18(13)23(20,21)12-5-6-14(22-3)10(2)7-12/h5-7,11,13H,4,8-9,16H2,1-3H3,(H,17,19)/t11-,13-/m0/s1. The molecular weight excluding hydrogens is 318 g/mol. The van der Waals surface area contributed by atoms with Crippen molar-refractivity contribution in [2.75, 3.05) is 20.2 Å². The number of benzene rings is 1. The van der Waals surface area contributed by atoms with Crippen molar-refractivity contribution in [3.63, 3.8) is 0 Å². The van der Waals surface area contributed by atoms with E-state index in [1.165, 1.54) is 17.5 Å². The molecule has 8 heteroatoms. The van der Waals surface area contributed by atoms with Crippen LogP contribution in [0, 0.1) is 6.92 Å². The molecule has 7 nitrogen and oxygen atoms in total. The Hall–Kier alpha value is -1.64. The number of likely N-dealkylation sites (N-methyl/N-ethyl adjacent to an activating group) is 1. The highest BCUT2D eigenvalue weighted by Crippen LogP contribution is 2.28. The van der Waals surface area contributed by atoms with Crippen LogP contribution in [-0.4, -0.2) is 50.9 Å². The zero-order valence-corrected chi connectivity index (χ0v) is 14.4. The molecule has 1 saturated heterocycles. The second-order valence-electron chi connectivity index (χ2n) is 5.61. The van der Waals surface area contributed by atoms with Crippen molar-refractivity contribution in [1.29, 1.82) is 0 Å². The van der Waals surface area contributed by atoms with Gasteiger partial charge in [0.15, 0.2) is 0 Å².